The molecule has 2 rings (SSSR count). The van der Waals surface area contributed by atoms with Gasteiger partial charge in [0.15, 0.2) is 0 Å². The zero-order chi connectivity index (χ0) is 10.2. The minimum absolute atomic E-state index is 0.562. The van der Waals surface area contributed by atoms with Crippen molar-refractivity contribution < 1.29 is 5.11 Å². The van der Waals surface area contributed by atoms with Crippen molar-refractivity contribution in [3.8, 4) is 0 Å². The summed E-state index contributed by atoms with van der Waals surface area (Å²) in [5.74, 6) is 0. The zero-order valence-electron chi connectivity index (χ0n) is 7.56. The van der Waals surface area contributed by atoms with Crippen LogP contribution in [-0.4, -0.2) is 23.8 Å². The lowest BCUT2D eigenvalue weighted by Gasteiger charge is -2.37. The molecule has 0 atom stereocenters. The van der Waals surface area contributed by atoms with E-state index >= 15 is 0 Å². The molecule has 1 aliphatic rings. The van der Waals surface area contributed by atoms with E-state index < -0.39 is 5.60 Å². The Morgan fingerprint density at radius 3 is 2.71 bits per heavy atom. The Morgan fingerprint density at radius 2 is 2.21 bits per heavy atom. The van der Waals surface area contributed by atoms with Crippen LogP contribution >= 0.6 is 27.5 Å². The van der Waals surface area contributed by atoms with Gasteiger partial charge in [-0.1, -0.05) is 17.7 Å². The molecule has 0 unspecified atom stereocenters. The van der Waals surface area contributed by atoms with E-state index in [1.165, 1.54) is 0 Å². The number of nitrogens with one attached hydrogen (secondary N) is 1. The van der Waals surface area contributed by atoms with Crippen LogP contribution in [-0.2, 0) is 6.42 Å². The van der Waals surface area contributed by atoms with Crippen LogP contribution in [0.3, 0.4) is 0 Å². The van der Waals surface area contributed by atoms with E-state index in [1.54, 1.807) is 0 Å². The molecule has 1 aliphatic heterocycles. The summed E-state index contributed by atoms with van der Waals surface area (Å²) in [5.41, 5.74) is 0.540. The third-order valence-corrected chi connectivity index (χ3v) is 3.64. The summed E-state index contributed by atoms with van der Waals surface area (Å²) in [4.78, 5) is 0. The van der Waals surface area contributed by atoms with E-state index in [9.17, 15) is 5.11 Å². The van der Waals surface area contributed by atoms with Gasteiger partial charge in [-0.05, 0) is 33.6 Å². The molecule has 0 aromatic heterocycles. The quantitative estimate of drug-likeness (QED) is 0.866. The van der Waals surface area contributed by atoms with E-state index in [-0.39, 0.29) is 0 Å². The Morgan fingerprint density at radius 1 is 1.50 bits per heavy atom. The van der Waals surface area contributed by atoms with E-state index in [0.29, 0.717) is 24.5 Å². The standard InChI is InChI=1S/C10H11BrClNO/c11-8-3-7(1-2-9(8)12)4-10(14)5-13-6-10/h1-3,13-14H,4-6H2. The normalized spacial score (nSPS) is 19.1. The molecular weight excluding hydrogens is 265 g/mol. The summed E-state index contributed by atoms with van der Waals surface area (Å²) in [7, 11) is 0. The van der Waals surface area contributed by atoms with Crippen LogP contribution in [0.5, 0.6) is 0 Å². The first-order valence-electron chi connectivity index (χ1n) is 4.46. The predicted molar refractivity (Wildman–Crippen MR) is 60.7 cm³/mol. The number of hydrogen-bond acceptors (Lipinski definition) is 2. The van der Waals surface area contributed by atoms with Gasteiger partial charge in [0.2, 0.25) is 0 Å². The van der Waals surface area contributed by atoms with Gasteiger partial charge < -0.3 is 10.4 Å². The maximum Gasteiger partial charge on any atom is 0.0935 e. The van der Waals surface area contributed by atoms with Crippen molar-refractivity contribution in [1.82, 2.24) is 5.32 Å². The average molecular weight is 277 g/mol. The van der Waals surface area contributed by atoms with Crippen LogP contribution < -0.4 is 5.32 Å². The number of halogens is 2. The number of aliphatic hydroxyl groups is 1. The largest absolute Gasteiger partial charge is 0.387 e. The van der Waals surface area contributed by atoms with Gasteiger partial charge in [0.05, 0.1) is 10.6 Å². The van der Waals surface area contributed by atoms with Crippen LogP contribution in [0.2, 0.25) is 5.02 Å². The molecule has 76 valence electrons. The molecule has 0 bridgehead atoms. The van der Waals surface area contributed by atoms with Crippen LogP contribution in [0.4, 0.5) is 0 Å². The summed E-state index contributed by atoms with van der Waals surface area (Å²) < 4.78 is 0.882. The van der Waals surface area contributed by atoms with Gasteiger partial charge in [-0.3, -0.25) is 0 Å². The average Bonchev–Trinajstić information content (AvgIpc) is 2.09. The minimum atomic E-state index is -0.562. The number of β-amino-alcohol motifs (C(OH)–C–C–N with tert-alkyl or cyclic N) is 1. The molecule has 1 aromatic rings. The summed E-state index contributed by atoms with van der Waals surface area (Å²) in [6.07, 6.45) is 0.676. The first-order chi connectivity index (χ1) is 6.59. The molecule has 2 nitrogen and oxygen atoms in total. The maximum absolute atomic E-state index is 9.91. The van der Waals surface area contributed by atoms with Crippen molar-refractivity contribution in [3.05, 3.63) is 33.3 Å². The molecule has 2 N–H and O–H groups in total. The molecule has 0 saturated carbocycles. The predicted octanol–water partition coefficient (Wildman–Crippen LogP) is 1.98. The second kappa shape index (κ2) is 3.81. The summed E-state index contributed by atoms with van der Waals surface area (Å²) in [6, 6.07) is 5.75. The minimum Gasteiger partial charge on any atom is -0.387 e. The smallest absolute Gasteiger partial charge is 0.0935 e. The highest BCUT2D eigenvalue weighted by molar-refractivity contribution is 9.10. The van der Waals surface area contributed by atoms with Crippen LogP contribution in [0, 0.1) is 0 Å². The van der Waals surface area contributed by atoms with Crippen LogP contribution in [0.15, 0.2) is 22.7 Å². The molecule has 1 heterocycles. The van der Waals surface area contributed by atoms with Crippen molar-refractivity contribution >= 4 is 27.5 Å². The fraction of sp³-hybridized carbons (Fsp3) is 0.400. The number of rotatable bonds is 2. The van der Waals surface area contributed by atoms with Crippen molar-refractivity contribution in [2.24, 2.45) is 0 Å². The van der Waals surface area contributed by atoms with E-state index in [0.717, 1.165) is 10.0 Å². The molecule has 14 heavy (non-hydrogen) atoms. The second-order valence-electron chi connectivity index (χ2n) is 3.75. The second-order valence-corrected chi connectivity index (χ2v) is 5.01. The molecule has 1 saturated heterocycles. The van der Waals surface area contributed by atoms with Gasteiger partial charge in [0, 0.05) is 24.0 Å². The van der Waals surface area contributed by atoms with Gasteiger partial charge in [-0.2, -0.15) is 0 Å². The number of benzene rings is 1. The highest BCUT2D eigenvalue weighted by atomic mass is 79.9. The molecule has 1 fully saturated rings. The van der Waals surface area contributed by atoms with Crippen LogP contribution in [0.1, 0.15) is 5.56 Å². The highest BCUT2D eigenvalue weighted by Gasteiger charge is 2.34. The fourth-order valence-electron chi connectivity index (χ4n) is 1.57. The van der Waals surface area contributed by atoms with E-state index in [1.807, 2.05) is 18.2 Å². The third kappa shape index (κ3) is 2.11. The molecule has 0 radical (unpaired) electrons. The Bertz CT molecular complexity index is 352. The van der Waals surface area contributed by atoms with Crippen LogP contribution in [0.25, 0.3) is 0 Å². The number of hydrogen-bond donors (Lipinski definition) is 2. The SMILES string of the molecule is OC1(Cc2ccc(Cl)c(Br)c2)CNC1. The Hall–Kier alpha value is -0.0900. The molecule has 0 spiro atoms. The van der Waals surface area contributed by atoms with Gasteiger partial charge in [-0.15, -0.1) is 0 Å². The molecule has 0 aliphatic carbocycles. The Kier molecular flexibility index (Phi) is 2.84. The summed E-state index contributed by atoms with van der Waals surface area (Å²) in [5, 5.41) is 13.7. The molecular formula is C10H11BrClNO. The van der Waals surface area contributed by atoms with E-state index in [2.05, 4.69) is 21.2 Å². The molecule has 0 amide bonds. The monoisotopic (exact) mass is 275 g/mol. The topological polar surface area (TPSA) is 32.3 Å². The lowest BCUT2D eigenvalue weighted by Crippen LogP contribution is -2.60. The zero-order valence-corrected chi connectivity index (χ0v) is 9.90. The third-order valence-electron chi connectivity index (χ3n) is 2.43. The summed E-state index contributed by atoms with van der Waals surface area (Å²) in [6.45, 7) is 1.35. The summed E-state index contributed by atoms with van der Waals surface area (Å²) >= 11 is 9.24. The fourth-order valence-corrected chi connectivity index (χ4v) is 2.11. The van der Waals surface area contributed by atoms with Crippen molar-refractivity contribution in [1.29, 1.82) is 0 Å². The first-order valence-corrected chi connectivity index (χ1v) is 5.63. The first kappa shape index (κ1) is 10.4. The van der Waals surface area contributed by atoms with Gasteiger partial charge in [0.1, 0.15) is 0 Å². The van der Waals surface area contributed by atoms with Gasteiger partial charge in [0.25, 0.3) is 0 Å². The highest BCUT2D eigenvalue weighted by Crippen LogP contribution is 2.26. The Labute approximate surface area is 96.4 Å². The van der Waals surface area contributed by atoms with Gasteiger partial charge >= 0.3 is 0 Å². The van der Waals surface area contributed by atoms with Gasteiger partial charge in [-0.25, -0.2) is 0 Å². The van der Waals surface area contributed by atoms with Crippen molar-refractivity contribution in [2.45, 2.75) is 12.0 Å². The maximum atomic E-state index is 9.91. The van der Waals surface area contributed by atoms with Crippen molar-refractivity contribution in [2.75, 3.05) is 13.1 Å². The van der Waals surface area contributed by atoms with Crippen molar-refractivity contribution in [3.63, 3.8) is 0 Å². The van der Waals surface area contributed by atoms with E-state index in [4.69, 9.17) is 11.6 Å². The molecule has 1 aromatic carbocycles. The Balaban J connectivity index is 2.13. The molecule has 4 heteroatoms. The lowest BCUT2D eigenvalue weighted by molar-refractivity contribution is -0.00902. The lowest BCUT2D eigenvalue weighted by atomic mass is 9.89.